The van der Waals surface area contributed by atoms with Crippen LogP contribution in [-0.4, -0.2) is 70.7 Å². The standard InChI is InChI=1S/C16H28N2O4/c1-15(2,3)22-14(20)18-10-6-16(21,7-11-18)12-17-8-4-13(19)5-9-17/h21H,4-12H2,1-3H3. The van der Waals surface area contributed by atoms with Gasteiger partial charge in [-0.3, -0.25) is 9.69 Å². The molecule has 0 atom stereocenters. The molecular formula is C16H28N2O4. The lowest BCUT2D eigenvalue weighted by Crippen LogP contribution is -2.53. The molecule has 2 fully saturated rings. The number of hydrogen-bond donors (Lipinski definition) is 1. The minimum Gasteiger partial charge on any atom is -0.444 e. The lowest BCUT2D eigenvalue weighted by Gasteiger charge is -2.41. The Morgan fingerprint density at radius 2 is 1.73 bits per heavy atom. The van der Waals surface area contributed by atoms with E-state index in [4.69, 9.17) is 4.74 Å². The maximum absolute atomic E-state index is 12.0. The monoisotopic (exact) mass is 312 g/mol. The largest absolute Gasteiger partial charge is 0.444 e. The Morgan fingerprint density at radius 3 is 2.23 bits per heavy atom. The van der Waals surface area contributed by atoms with Gasteiger partial charge >= 0.3 is 6.09 Å². The fraction of sp³-hybridized carbons (Fsp3) is 0.875. The maximum Gasteiger partial charge on any atom is 0.410 e. The van der Waals surface area contributed by atoms with Crippen molar-refractivity contribution in [1.82, 2.24) is 9.80 Å². The number of ether oxygens (including phenoxy) is 1. The molecule has 0 bridgehead atoms. The zero-order chi connectivity index (χ0) is 16.4. The summed E-state index contributed by atoms with van der Waals surface area (Å²) in [6, 6.07) is 0. The highest BCUT2D eigenvalue weighted by Crippen LogP contribution is 2.25. The number of carbonyl (C=O) groups excluding carboxylic acids is 2. The van der Waals surface area contributed by atoms with Gasteiger partial charge in [0.15, 0.2) is 0 Å². The van der Waals surface area contributed by atoms with Gasteiger partial charge in [0.1, 0.15) is 11.4 Å². The third-order valence-electron chi connectivity index (χ3n) is 4.28. The van der Waals surface area contributed by atoms with Gasteiger partial charge in [-0.05, 0) is 33.6 Å². The molecule has 0 spiro atoms. The quantitative estimate of drug-likeness (QED) is 0.835. The van der Waals surface area contributed by atoms with Crippen molar-refractivity contribution in [3.8, 4) is 0 Å². The summed E-state index contributed by atoms with van der Waals surface area (Å²) in [4.78, 5) is 27.1. The molecule has 6 heteroatoms. The predicted octanol–water partition coefficient (Wildman–Crippen LogP) is 1.41. The minimum absolute atomic E-state index is 0.307. The molecule has 0 aliphatic carbocycles. The summed E-state index contributed by atoms with van der Waals surface area (Å²) < 4.78 is 5.36. The van der Waals surface area contributed by atoms with Gasteiger partial charge in [-0.15, -0.1) is 0 Å². The molecule has 0 aromatic heterocycles. The van der Waals surface area contributed by atoms with E-state index < -0.39 is 11.2 Å². The van der Waals surface area contributed by atoms with E-state index in [-0.39, 0.29) is 6.09 Å². The Bertz CT molecular complexity index is 412. The van der Waals surface area contributed by atoms with E-state index >= 15 is 0 Å². The third-order valence-corrected chi connectivity index (χ3v) is 4.28. The van der Waals surface area contributed by atoms with Crippen LogP contribution in [0, 0.1) is 0 Å². The van der Waals surface area contributed by atoms with Crippen LogP contribution in [0.5, 0.6) is 0 Å². The average Bonchev–Trinajstić information content (AvgIpc) is 2.40. The first-order chi connectivity index (χ1) is 10.2. The molecule has 6 nitrogen and oxygen atoms in total. The van der Waals surface area contributed by atoms with Gasteiger partial charge in [0.05, 0.1) is 5.60 Å². The third kappa shape index (κ3) is 4.95. The zero-order valence-corrected chi connectivity index (χ0v) is 13.9. The van der Waals surface area contributed by atoms with E-state index in [9.17, 15) is 14.7 Å². The van der Waals surface area contributed by atoms with Crippen molar-refractivity contribution in [3.05, 3.63) is 0 Å². The molecule has 0 aromatic carbocycles. The molecule has 0 saturated carbocycles. The number of piperidine rings is 2. The lowest BCUT2D eigenvalue weighted by molar-refractivity contribution is -0.122. The van der Waals surface area contributed by atoms with Gasteiger partial charge < -0.3 is 14.7 Å². The Kier molecular flexibility index (Phi) is 5.12. The normalized spacial score (nSPS) is 23.5. The van der Waals surface area contributed by atoms with Gasteiger partial charge in [-0.1, -0.05) is 0 Å². The lowest BCUT2D eigenvalue weighted by atomic mass is 9.90. The summed E-state index contributed by atoms with van der Waals surface area (Å²) >= 11 is 0. The van der Waals surface area contributed by atoms with Crippen molar-refractivity contribution >= 4 is 11.9 Å². The number of ketones is 1. The Balaban J connectivity index is 1.80. The van der Waals surface area contributed by atoms with Gasteiger partial charge in [-0.25, -0.2) is 4.79 Å². The number of carbonyl (C=O) groups is 2. The van der Waals surface area contributed by atoms with Gasteiger partial charge in [0.2, 0.25) is 0 Å². The van der Waals surface area contributed by atoms with Crippen molar-refractivity contribution < 1.29 is 19.4 Å². The summed E-state index contributed by atoms with van der Waals surface area (Å²) in [6.45, 7) is 8.63. The van der Waals surface area contributed by atoms with Gasteiger partial charge in [-0.2, -0.15) is 0 Å². The second-order valence-corrected chi connectivity index (χ2v) is 7.51. The fourth-order valence-electron chi connectivity index (χ4n) is 2.97. The molecule has 2 aliphatic heterocycles. The molecule has 22 heavy (non-hydrogen) atoms. The van der Waals surface area contributed by atoms with E-state index in [0.29, 0.717) is 51.1 Å². The highest BCUT2D eigenvalue weighted by atomic mass is 16.6. The fourth-order valence-corrected chi connectivity index (χ4v) is 2.97. The Labute approximate surface area is 132 Å². The molecule has 1 amide bonds. The maximum atomic E-state index is 12.0. The van der Waals surface area contributed by atoms with E-state index in [1.54, 1.807) is 4.90 Å². The van der Waals surface area contributed by atoms with E-state index in [2.05, 4.69) is 4.90 Å². The van der Waals surface area contributed by atoms with Crippen LogP contribution < -0.4 is 0 Å². The summed E-state index contributed by atoms with van der Waals surface area (Å²) in [7, 11) is 0. The summed E-state index contributed by atoms with van der Waals surface area (Å²) in [6.07, 6.45) is 1.96. The van der Waals surface area contributed by atoms with Crippen LogP contribution in [0.3, 0.4) is 0 Å². The Morgan fingerprint density at radius 1 is 1.18 bits per heavy atom. The summed E-state index contributed by atoms with van der Waals surface area (Å²) in [5, 5.41) is 10.7. The number of nitrogens with zero attached hydrogens (tertiary/aromatic N) is 2. The number of aliphatic hydroxyl groups is 1. The average molecular weight is 312 g/mol. The van der Waals surface area contributed by atoms with Crippen molar-refractivity contribution in [2.75, 3.05) is 32.7 Å². The number of likely N-dealkylation sites (tertiary alicyclic amines) is 2. The van der Waals surface area contributed by atoms with Crippen LogP contribution in [0.4, 0.5) is 4.79 Å². The molecule has 1 N–H and O–H groups in total. The van der Waals surface area contributed by atoms with Crippen LogP contribution >= 0.6 is 0 Å². The first-order valence-electron chi connectivity index (χ1n) is 8.11. The molecule has 0 radical (unpaired) electrons. The first kappa shape index (κ1) is 17.2. The number of amides is 1. The van der Waals surface area contributed by atoms with Gasteiger partial charge in [0.25, 0.3) is 0 Å². The molecule has 2 heterocycles. The topological polar surface area (TPSA) is 70.1 Å². The van der Waals surface area contributed by atoms with E-state index in [1.165, 1.54) is 0 Å². The number of hydrogen-bond acceptors (Lipinski definition) is 5. The van der Waals surface area contributed by atoms with Crippen molar-refractivity contribution in [1.29, 1.82) is 0 Å². The van der Waals surface area contributed by atoms with Crippen LogP contribution in [0.25, 0.3) is 0 Å². The van der Waals surface area contributed by atoms with Crippen molar-refractivity contribution in [3.63, 3.8) is 0 Å². The first-order valence-corrected chi connectivity index (χ1v) is 8.11. The second kappa shape index (κ2) is 6.54. The van der Waals surface area contributed by atoms with Crippen molar-refractivity contribution in [2.24, 2.45) is 0 Å². The summed E-state index contributed by atoms with van der Waals surface area (Å²) in [5.41, 5.74) is -1.26. The smallest absolute Gasteiger partial charge is 0.410 e. The van der Waals surface area contributed by atoms with E-state index in [0.717, 1.165) is 13.1 Å². The van der Waals surface area contributed by atoms with Crippen LogP contribution in [0.2, 0.25) is 0 Å². The van der Waals surface area contributed by atoms with Crippen molar-refractivity contribution in [2.45, 2.75) is 57.7 Å². The number of Topliss-reactive ketones (excluding diaryl/α,β-unsaturated/α-hetero) is 1. The molecule has 0 unspecified atom stereocenters. The molecular weight excluding hydrogens is 284 g/mol. The molecule has 2 rings (SSSR count). The SMILES string of the molecule is CC(C)(C)OC(=O)N1CCC(O)(CN2CCC(=O)CC2)CC1. The Hall–Kier alpha value is -1.14. The molecule has 2 saturated heterocycles. The highest BCUT2D eigenvalue weighted by molar-refractivity contribution is 5.79. The minimum atomic E-state index is -0.765. The zero-order valence-electron chi connectivity index (χ0n) is 13.9. The molecule has 0 aromatic rings. The van der Waals surface area contributed by atoms with Crippen LogP contribution in [0.1, 0.15) is 46.5 Å². The van der Waals surface area contributed by atoms with Gasteiger partial charge in [0, 0.05) is 45.6 Å². The number of rotatable bonds is 2. The van der Waals surface area contributed by atoms with Crippen LogP contribution in [0.15, 0.2) is 0 Å². The summed E-state index contributed by atoms with van der Waals surface area (Å²) in [5.74, 6) is 0.308. The van der Waals surface area contributed by atoms with Crippen LogP contribution in [-0.2, 0) is 9.53 Å². The highest BCUT2D eigenvalue weighted by Gasteiger charge is 2.37. The second-order valence-electron chi connectivity index (χ2n) is 7.51. The molecule has 2 aliphatic rings. The number of β-amino-alcohol motifs (C(OH)–C–C–N with tert-alkyl or cyclic N) is 1. The van der Waals surface area contributed by atoms with E-state index in [1.807, 2.05) is 20.8 Å². The molecule has 126 valence electrons. The predicted molar refractivity (Wildman–Crippen MR) is 82.7 cm³/mol.